The molecule has 2 aromatic carbocycles. The van der Waals surface area contributed by atoms with E-state index in [1.54, 1.807) is 24.4 Å². The number of nitrogens with zero attached hydrogens (tertiary/aromatic N) is 2. The Balaban J connectivity index is 1.50. The highest BCUT2D eigenvalue weighted by Gasteiger charge is 2.43. The molecule has 38 heavy (non-hydrogen) atoms. The number of rotatable bonds is 8. The van der Waals surface area contributed by atoms with Crippen molar-refractivity contribution in [1.82, 2.24) is 9.97 Å². The quantitative estimate of drug-likeness (QED) is 0.153. The number of carbonyl (C=O) groups excluding carboxylic acids is 1. The molecule has 0 unspecified atom stereocenters. The van der Waals surface area contributed by atoms with Crippen LogP contribution in [0, 0.1) is 5.95 Å². The van der Waals surface area contributed by atoms with E-state index in [9.17, 15) is 31.1 Å². The number of hydrogen-bond donors (Lipinski definition) is 2. The second-order valence-electron chi connectivity index (χ2n) is 8.48. The van der Waals surface area contributed by atoms with Gasteiger partial charge in [-0.2, -0.15) is 17.6 Å². The molecule has 4 rings (SSSR count). The van der Waals surface area contributed by atoms with Crippen molar-refractivity contribution < 1.29 is 35.9 Å². The van der Waals surface area contributed by atoms with Crippen LogP contribution in [0.1, 0.15) is 24.2 Å². The first-order valence-corrected chi connectivity index (χ1v) is 11.9. The Morgan fingerprint density at radius 3 is 2.39 bits per heavy atom. The predicted octanol–water partition coefficient (Wildman–Crippen LogP) is 6.20. The molecule has 0 fully saturated rings. The van der Waals surface area contributed by atoms with Gasteiger partial charge >= 0.3 is 12.1 Å². The maximum absolute atomic E-state index is 13.5. The molecule has 2 aromatic heterocycles. The molecule has 0 bridgehead atoms. The number of pyridine rings is 1. The average Bonchev–Trinajstić information content (AvgIpc) is 3.33. The number of hydrogen-bond acceptors (Lipinski definition) is 7. The molecule has 0 amide bonds. The molecule has 2 heterocycles. The van der Waals surface area contributed by atoms with E-state index in [2.05, 4.69) is 20.0 Å². The van der Waals surface area contributed by atoms with Gasteiger partial charge < -0.3 is 15.8 Å². The number of nitrogens with one attached hydrogen (secondary N) is 1. The zero-order valence-corrected chi connectivity index (χ0v) is 20.4. The Hall–Kier alpha value is -3.71. The topological polar surface area (TPSA) is 90.1 Å². The van der Waals surface area contributed by atoms with Gasteiger partial charge in [-0.15, -0.1) is 0 Å². The molecular weight excluding hydrogens is 534 g/mol. The maximum Gasteiger partial charge on any atom is 0.490 e. The van der Waals surface area contributed by atoms with Crippen molar-refractivity contribution in [1.29, 1.82) is 0 Å². The van der Waals surface area contributed by atoms with Gasteiger partial charge in [0.05, 0.1) is 10.9 Å². The van der Waals surface area contributed by atoms with E-state index in [-0.39, 0.29) is 17.7 Å². The molecule has 0 spiro atoms. The summed E-state index contributed by atoms with van der Waals surface area (Å²) in [7, 11) is 0. The lowest BCUT2D eigenvalue weighted by Gasteiger charge is -2.25. The predicted molar refractivity (Wildman–Crippen MR) is 130 cm³/mol. The third-order valence-electron chi connectivity index (χ3n) is 5.57. The van der Waals surface area contributed by atoms with Crippen LogP contribution in [-0.2, 0) is 15.5 Å². The largest absolute Gasteiger partial charge is 0.490 e. The Morgan fingerprint density at radius 2 is 1.74 bits per heavy atom. The van der Waals surface area contributed by atoms with E-state index >= 15 is 0 Å². The minimum atomic E-state index is -5.27. The Labute approximate surface area is 216 Å². The SMILES string of the molecule is CC(F)(F)c1ccc([C@H](OC(=O)C(F)(F)F)[C@H](N)CNc2ncc(-c3ccc4cnc(F)cc4c3)s2)cc1. The first kappa shape index (κ1) is 27.3. The molecule has 2 atom stereocenters. The van der Waals surface area contributed by atoms with E-state index in [0.29, 0.717) is 17.4 Å². The van der Waals surface area contributed by atoms with Crippen LogP contribution in [0.4, 0.5) is 31.5 Å². The minimum Gasteiger partial charge on any atom is -0.449 e. The van der Waals surface area contributed by atoms with E-state index in [0.717, 1.165) is 40.1 Å². The lowest BCUT2D eigenvalue weighted by Crippen LogP contribution is -2.40. The number of carbonyl (C=O) groups is 1. The number of alkyl halides is 5. The number of fused-ring (bicyclic) bond motifs is 1. The van der Waals surface area contributed by atoms with Crippen molar-refractivity contribution in [3.63, 3.8) is 0 Å². The second-order valence-corrected chi connectivity index (χ2v) is 9.51. The number of ether oxygens (including phenoxy) is 1. The van der Waals surface area contributed by atoms with Crippen LogP contribution >= 0.6 is 11.3 Å². The summed E-state index contributed by atoms with van der Waals surface area (Å²) < 4.78 is 83.9. The zero-order valence-electron chi connectivity index (χ0n) is 19.6. The molecule has 200 valence electrons. The molecule has 0 radical (unpaired) electrons. The van der Waals surface area contributed by atoms with Gasteiger partial charge in [0.25, 0.3) is 5.92 Å². The molecule has 0 saturated carbocycles. The number of benzene rings is 2. The van der Waals surface area contributed by atoms with Crippen LogP contribution in [0.25, 0.3) is 21.2 Å². The summed E-state index contributed by atoms with van der Waals surface area (Å²) in [5.74, 6) is -6.24. The van der Waals surface area contributed by atoms with Gasteiger partial charge in [0, 0.05) is 42.9 Å². The standard InChI is InChI=1S/C25H20F6N4O2S/c1-24(27,28)17-6-4-13(5-7-17)21(37-22(36)25(29,30)31)18(32)11-34-23-35-12-19(38-23)14-2-3-15-10-33-20(26)9-16(15)8-14/h2-10,12,18,21H,11,32H2,1H3,(H,34,35)/t18-,21+/m1/s1. The first-order chi connectivity index (χ1) is 17.8. The fourth-order valence-electron chi connectivity index (χ4n) is 3.62. The summed E-state index contributed by atoms with van der Waals surface area (Å²) in [4.78, 5) is 20.1. The van der Waals surface area contributed by atoms with Gasteiger partial charge in [-0.3, -0.25) is 0 Å². The number of anilines is 1. The maximum atomic E-state index is 13.5. The molecule has 4 aromatic rings. The van der Waals surface area contributed by atoms with Gasteiger partial charge in [-0.1, -0.05) is 47.7 Å². The zero-order chi connectivity index (χ0) is 27.7. The average molecular weight is 555 g/mol. The summed E-state index contributed by atoms with van der Waals surface area (Å²) in [6.07, 6.45) is -3.88. The molecule has 6 nitrogen and oxygen atoms in total. The number of nitrogens with two attached hydrogens (primary N) is 1. The molecule has 13 heteroatoms. The Morgan fingerprint density at radius 1 is 1.03 bits per heavy atom. The van der Waals surface area contributed by atoms with Crippen molar-refractivity contribution in [3.8, 4) is 10.4 Å². The molecule has 0 aliphatic rings. The minimum absolute atomic E-state index is 0.0163. The number of thiazole rings is 1. The first-order valence-electron chi connectivity index (χ1n) is 11.1. The molecule has 0 saturated heterocycles. The van der Waals surface area contributed by atoms with Crippen molar-refractivity contribution in [2.24, 2.45) is 5.73 Å². The Bertz CT molecular complexity index is 1440. The summed E-state index contributed by atoms with van der Waals surface area (Å²) in [6, 6.07) is 9.79. The number of esters is 1. The number of aromatic nitrogens is 2. The lowest BCUT2D eigenvalue weighted by molar-refractivity contribution is -0.206. The van der Waals surface area contributed by atoms with Gasteiger partial charge in [0.1, 0.15) is 6.10 Å². The van der Waals surface area contributed by atoms with Crippen molar-refractivity contribution in [2.45, 2.75) is 31.2 Å². The van der Waals surface area contributed by atoms with Crippen LogP contribution in [0.15, 0.2) is 60.9 Å². The highest BCUT2D eigenvalue weighted by Crippen LogP contribution is 2.33. The van der Waals surface area contributed by atoms with Gasteiger partial charge in [-0.25, -0.2) is 23.5 Å². The number of halogens is 6. The van der Waals surface area contributed by atoms with Crippen molar-refractivity contribution >= 4 is 33.2 Å². The molecule has 0 aliphatic heterocycles. The van der Waals surface area contributed by atoms with Gasteiger partial charge in [0.15, 0.2) is 5.13 Å². The van der Waals surface area contributed by atoms with Crippen LogP contribution in [0.5, 0.6) is 0 Å². The van der Waals surface area contributed by atoms with Crippen LogP contribution < -0.4 is 11.1 Å². The van der Waals surface area contributed by atoms with Gasteiger partial charge in [-0.05, 0) is 22.6 Å². The molecular formula is C25H20F6N4O2S. The second kappa shape index (κ2) is 10.6. The highest BCUT2D eigenvalue weighted by molar-refractivity contribution is 7.18. The molecule has 3 N–H and O–H groups in total. The van der Waals surface area contributed by atoms with E-state index in [4.69, 9.17) is 5.73 Å². The fraction of sp³-hybridized carbons (Fsp3) is 0.240. The lowest BCUT2D eigenvalue weighted by atomic mass is 9.99. The van der Waals surface area contributed by atoms with E-state index in [1.165, 1.54) is 23.6 Å². The van der Waals surface area contributed by atoms with Crippen LogP contribution in [-0.4, -0.2) is 34.7 Å². The van der Waals surface area contributed by atoms with Crippen molar-refractivity contribution in [2.75, 3.05) is 11.9 Å². The van der Waals surface area contributed by atoms with Crippen molar-refractivity contribution in [3.05, 3.63) is 78.0 Å². The normalized spacial score (nSPS) is 13.8. The summed E-state index contributed by atoms with van der Waals surface area (Å²) in [5.41, 5.74) is 6.49. The fourth-order valence-corrected chi connectivity index (χ4v) is 4.44. The summed E-state index contributed by atoms with van der Waals surface area (Å²) in [6.45, 7) is 0.511. The smallest absolute Gasteiger partial charge is 0.449 e. The highest BCUT2D eigenvalue weighted by atomic mass is 32.1. The Kier molecular flexibility index (Phi) is 7.61. The van der Waals surface area contributed by atoms with Crippen LogP contribution in [0.3, 0.4) is 0 Å². The van der Waals surface area contributed by atoms with E-state index in [1.807, 2.05) is 0 Å². The molecule has 0 aliphatic carbocycles. The third-order valence-corrected chi connectivity index (χ3v) is 6.57. The van der Waals surface area contributed by atoms with Crippen LogP contribution in [0.2, 0.25) is 0 Å². The summed E-state index contributed by atoms with van der Waals surface area (Å²) in [5, 5.41) is 4.66. The monoisotopic (exact) mass is 554 g/mol. The van der Waals surface area contributed by atoms with Gasteiger partial charge in [0.2, 0.25) is 5.95 Å². The van der Waals surface area contributed by atoms with E-state index < -0.39 is 36.2 Å². The third kappa shape index (κ3) is 6.40. The summed E-state index contributed by atoms with van der Waals surface area (Å²) >= 11 is 1.21.